The van der Waals surface area contributed by atoms with Crippen molar-refractivity contribution < 1.29 is 19.5 Å². The monoisotopic (exact) mass is 427 g/mol. The summed E-state index contributed by atoms with van der Waals surface area (Å²) in [6, 6.07) is 8.10. The third-order valence-electron chi connectivity index (χ3n) is 4.37. The fourth-order valence-electron chi connectivity index (χ4n) is 3.54. The number of piperidine rings is 1. The van der Waals surface area contributed by atoms with Crippen LogP contribution in [0.4, 0.5) is 4.79 Å². The van der Waals surface area contributed by atoms with Crippen molar-refractivity contribution in [2.24, 2.45) is 11.8 Å². The van der Waals surface area contributed by atoms with Crippen LogP contribution >= 0.6 is 15.9 Å². The Balaban J connectivity index is 2.13. The lowest BCUT2D eigenvalue weighted by molar-refractivity contribution is -0.183. The molecule has 1 aliphatic rings. The van der Waals surface area contributed by atoms with Gasteiger partial charge in [-0.25, -0.2) is 4.79 Å². The van der Waals surface area contributed by atoms with Crippen molar-refractivity contribution in [3.63, 3.8) is 0 Å². The van der Waals surface area contributed by atoms with Gasteiger partial charge in [-0.1, -0.05) is 41.9 Å². The molecule has 0 aromatic heterocycles. The van der Waals surface area contributed by atoms with Crippen molar-refractivity contribution in [3.05, 3.63) is 34.3 Å². The van der Waals surface area contributed by atoms with Gasteiger partial charge in [0.1, 0.15) is 5.60 Å². The minimum absolute atomic E-state index is 0.0176. The van der Waals surface area contributed by atoms with Gasteiger partial charge in [-0.2, -0.15) is 0 Å². The highest BCUT2D eigenvalue weighted by molar-refractivity contribution is 9.10. The zero-order chi connectivity index (χ0) is 19.5. The molecule has 0 amide bonds. The molecule has 0 bridgehead atoms. The minimum atomic E-state index is -0.727. The average molecular weight is 428 g/mol. The Morgan fingerprint density at radius 3 is 2.42 bits per heavy atom. The van der Waals surface area contributed by atoms with Crippen LogP contribution in [0.3, 0.4) is 0 Å². The van der Waals surface area contributed by atoms with Gasteiger partial charge >= 0.3 is 6.16 Å². The number of carbonyl (C=O) groups is 1. The van der Waals surface area contributed by atoms with Crippen molar-refractivity contribution in [2.45, 2.75) is 58.7 Å². The lowest BCUT2D eigenvalue weighted by Crippen LogP contribution is -2.49. The quantitative estimate of drug-likeness (QED) is 0.703. The summed E-state index contributed by atoms with van der Waals surface area (Å²) in [5.41, 5.74) is 0.506. The van der Waals surface area contributed by atoms with Gasteiger partial charge in [-0.05, 0) is 56.7 Å². The number of benzene rings is 1. The summed E-state index contributed by atoms with van der Waals surface area (Å²) in [6.45, 7) is 10.6. The molecule has 3 unspecified atom stereocenters. The van der Waals surface area contributed by atoms with Crippen LogP contribution in [0.15, 0.2) is 28.7 Å². The lowest BCUT2D eigenvalue weighted by atomic mass is 9.75. The molecule has 0 saturated carbocycles. The summed E-state index contributed by atoms with van der Waals surface area (Å²) in [7, 11) is 0. The number of carbonyl (C=O) groups excluding carboxylic acids is 1. The Morgan fingerprint density at radius 1 is 1.27 bits per heavy atom. The van der Waals surface area contributed by atoms with Crippen LogP contribution in [-0.4, -0.2) is 41.1 Å². The number of hydrogen-bond donors (Lipinski definition) is 1. The Labute approximate surface area is 164 Å². The number of halogens is 1. The zero-order valence-electron chi connectivity index (χ0n) is 16.2. The van der Waals surface area contributed by atoms with Gasteiger partial charge in [0.2, 0.25) is 0 Å². The topological polar surface area (TPSA) is 59.0 Å². The van der Waals surface area contributed by atoms with Crippen LogP contribution in [0.2, 0.25) is 0 Å². The van der Waals surface area contributed by atoms with Gasteiger partial charge in [-0.3, -0.25) is 0 Å². The summed E-state index contributed by atoms with van der Waals surface area (Å²) in [6.07, 6.45) is -0.405. The van der Waals surface area contributed by atoms with E-state index < -0.39 is 17.9 Å². The number of rotatable bonds is 4. The van der Waals surface area contributed by atoms with Crippen LogP contribution in [0.5, 0.6) is 0 Å². The molecule has 0 aliphatic carbocycles. The summed E-state index contributed by atoms with van der Waals surface area (Å²) in [5.74, 6) is 0.679. The first-order chi connectivity index (χ1) is 12.0. The summed E-state index contributed by atoms with van der Waals surface area (Å²) in [4.78, 5) is 17.3. The molecule has 1 aromatic rings. The van der Waals surface area contributed by atoms with E-state index >= 15 is 0 Å². The third kappa shape index (κ3) is 6.25. The Bertz CT molecular complexity index is 597. The predicted octanol–water partition coefficient (Wildman–Crippen LogP) is 4.74. The van der Waals surface area contributed by atoms with Gasteiger partial charge in [0, 0.05) is 16.9 Å². The molecule has 6 heteroatoms. The Kier molecular flexibility index (Phi) is 7.11. The first-order valence-corrected chi connectivity index (χ1v) is 9.94. The maximum atomic E-state index is 12.0. The number of aliphatic hydroxyl groups excluding tert-OH is 1. The molecule has 1 heterocycles. The van der Waals surface area contributed by atoms with E-state index in [1.807, 2.05) is 12.1 Å². The minimum Gasteiger partial charge on any atom is -0.427 e. The average Bonchev–Trinajstić information content (AvgIpc) is 2.45. The molecule has 0 radical (unpaired) electrons. The highest BCUT2D eigenvalue weighted by Crippen LogP contribution is 2.37. The first kappa shape index (κ1) is 21.2. The second-order valence-electron chi connectivity index (χ2n) is 8.44. The number of nitrogens with zero attached hydrogens (tertiary/aromatic N) is 1. The molecule has 1 fully saturated rings. The third-order valence-corrected chi connectivity index (χ3v) is 4.90. The standard InChI is InChI=1S/C20H30BrNO4/c1-13(2)10-15-11-22(26-19(24)25-20(3,4)5)12-17(23)18(15)14-6-8-16(21)9-7-14/h6-9,13,15,17-18,23H,10-12H2,1-5H3. The van der Waals surface area contributed by atoms with Crippen molar-refractivity contribution in [1.29, 1.82) is 0 Å². The van der Waals surface area contributed by atoms with E-state index in [2.05, 4.69) is 41.9 Å². The van der Waals surface area contributed by atoms with E-state index in [0.29, 0.717) is 12.5 Å². The second-order valence-corrected chi connectivity index (χ2v) is 9.35. The predicted molar refractivity (Wildman–Crippen MR) is 105 cm³/mol. The summed E-state index contributed by atoms with van der Waals surface area (Å²) in [5, 5.41) is 12.3. The van der Waals surface area contributed by atoms with Crippen molar-refractivity contribution in [3.8, 4) is 0 Å². The van der Waals surface area contributed by atoms with E-state index in [-0.39, 0.29) is 18.4 Å². The van der Waals surface area contributed by atoms with Gasteiger partial charge in [-0.15, -0.1) is 5.06 Å². The number of ether oxygens (including phenoxy) is 1. The van der Waals surface area contributed by atoms with E-state index in [1.54, 1.807) is 25.8 Å². The molecular weight excluding hydrogens is 398 g/mol. The molecule has 1 saturated heterocycles. The van der Waals surface area contributed by atoms with Crippen LogP contribution in [-0.2, 0) is 9.57 Å². The lowest BCUT2D eigenvalue weighted by Gasteiger charge is -2.41. The zero-order valence-corrected chi connectivity index (χ0v) is 17.8. The molecule has 1 aliphatic heterocycles. The van der Waals surface area contributed by atoms with Crippen molar-refractivity contribution >= 4 is 22.1 Å². The largest absolute Gasteiger partial charge is 0.528 e. The van der Waals surface area contributed by atoms with Gasteiger partial charge in [0.15, 0.2) is 0 Å². The molecule has 2 rings (SSSR count). The Morgan fingerprint density at radius 2 is 1.88 bits per heavy atom. The van der Waals surface area contributed by atoms with Crippen LogP contribution in [0.25, 0.3) is 0 Å². The van der Waals surface area contributed by atoms with E-state index in [1.165, 1.54) is 0 Å². The molecule has 0 spiro atoms. The van der Waals surface area contributed by atoms with Crippen LogP contribution < -0.4 is 0 Å². The number of hydroxylamine groups is 2. The fraction of sp³-hybridized carbons (Fsp3) is 0.650. The van der Waals surface area contributed by atoms with Gasteiger partial charge in [0.25, 0.3) is 0 Å². The molecule has 26 heavy (non-hydrogen) atoms. The fourth-order valence-corrected chi connectivity index (χ4v) is 3.80. The van der Waals surface area contributed by atoms with Gasteiger partial charge in [0.05, 0.1) is 12.6 Å². The summed E-state index contributed by atoms with van der Waals surface area (Å²) < 4.78 is 6.24. The van der Waals surface area contributed by atoms with Crippen LogP contribution in [0, 0.1) is 11.8 Å². The summed E-state index contributed by atoms with van der Waals surface area (Å²) >= 11 is 3.46. The Hall–Kier alpha value is -1.11. The van der Waals surface area contributed by atoms with Crippen molar-refractivity contribution in [2.75, 3.05) is 13.1 Å². The molecule has 1 N–H and O–H groups in total. The molecule has 1 aromatic carbocycles. The van der Waals surface area contributed by atoms with E-state index in [9.17, 15) is 9.90 Å². The maximum Gasteiger partial charge on any atom is 0.528 e. The molecular formula is C20H30BrNO4. The van der Waals surface area contributed by atoms with Gasteiger partial charge < -0.3 is 14.7 Å². The number of hydrogen-bond acceptors (Lipinski definition) is 5. The maximum absolute atomic E-state index is 12.0. The SMILES string of the molecule is CC(C)CC1CN(OC(=O)OC(C)(C)C)CC(O)C1c1ccc(Br)cc1. The van der Waals surface area contributed by atoms with E-state index in [4.69, 9.17) is 9.57 Å². The molecule has 5 nitrogen and oxygen atoms in total. The van der Waals surface area contributed by atoms with E-state index in [0.717, 1.165) is 16.5 Å². The van der Waals surface area contributed by atoms with Crippen LogP contribution in [0.1, 0.15) is 52.5 Å². The number of β-amino-alcohol motifs (C(OH)–C–C–N with tert-alkyl or cyclic N) is 1. The first-order valence-electron chi connectivity index (χ1n) is 9.14. The highest BCUT2D eigenvalue weighted by Gasteiger charge is 2.39. The second kappa shape index (κ2) is 8.72. The normalized spacial score (nSPS) is 24.5. The van der Waals surface area contributed by atoms with Crippen molar-refractivity contribution in [1.82, 2.24) is 5.06 Å². The molecule has 146 valence electrons. The highest BCUT2D eigenvalue weighted by atomic mass is 79.9. The molecule has 3 atom stereocenters. The number of aliphatic hydroxyl groups is 1. The smallest absolute Gasteiger partial charge is 0.427 e.